The average molecular weight is 436 g/mol. The summed E-state index contributed by atoms with van der Waals surface area (Å²) < 4.78 is 30.7. The number of alkyl halides is 1. The van der Waals surface area contributed by atoms with E-state index >= 15 is 0 Å². The zero-order chi connectivity index (χ0) is 22.0. The van der Waals surface area contributed by atoms with E-state index in [0.29, 0.717) is 6.04 Å². The molecule has 2 amide bonds. The molecule has 3 heterocycles. The van der Waals surface area contributed by atoms with Crippen molar-refractivity contribution in [3.63, 3.8) is 0 Å². The molecule has 3 aliphatic rings. The van der Waals surface area contributed by atoms with E-state index in [9.17, 15) is 18.4 Å². The lowest BCUT2D eigenvalue weighted by molar-refractivity contribution is -0.117. The molecule has 0 radical (unpaired) electrons. The van der Waals surface area contributed by atoms with Gasteiger partial charge in [-0.3, -0.25) is 4.79 Å². The Balaban J connectivity index is 1.34. The summed E-state index contributed by atoms with van der Waals surface area (Å²) in [6.07, 6.45) is 5.14. The van der Waals surface area contributed by atoms with Crippen molar-refractivity contribution in [2.45, 2.75) is 69.6 Å². The van der Waals surface area contributed by atoms with Crippen LogP contribution in [-0.2, 0) is 9.53 Å². The number of piperidine rings is 2. The van der Waals surface area contributed by atoms with Crippen LogP contribution >= 0.6 is 0 Å². The standard InChI is InChI=1S/C23H31F2N3O3/c1-16(29)27(18-4-2-17(25)3-5-18)19-8-11-26(12-9-19)22-14-20-6-7-21(15-22)28(20)23(30)31-13-10-24/h2-5,19-22H,6-15H2,1H3. The molecule has 6 nitrogen and oxygen atoms in total. The van der Waals surface area contributed by atoms with Gasteiger partial charge in [-0.25, -0.2) is 13.6 Å². The third kappa shape index (κ3) is 4.68. The number of likely N-dealkylation sites (tertiary alicyclic amines) is 1. The van der Waals surface area contributed by atoms with Gasteiger partial charge in [-0.15, -0.1) is 0 Å². The Morgan fingerprint density at radius 2 is 1.65 bits per heavy atom. The van der Waals surface area contributed by atoms with Gasteiger partial charge in [-0.2, -0.15) is 0 Å². The minimum Gasteiger partial charge on any atom is -0.447 e. The van der Waals surface area contributed by atoms with Crippen molar-refractivity contribution in [1.82, 2.24) is 9.80 Å². The number of benzene rings is 1. The molecule has 1 aromatic rings. The number of fused-ring (bicyclic) bond motifs is 2. The van der Waals surface area contributed by atoms with E-state index in [1.165, 1.54) is 12.1 Å². The third-order valence-corrected chi connectivity index (χ3v) is 7.05. The molecule has 0 spiro atoms. The first kappa shape index (κ1) is 22.0. The number of carbonyl (C=O) groups excluding carboxylic acids is 2. The molecule has 8 heteroatoms. The first-order valence-corrected chi connectivity index (χ1v) is 11.3. The summed E-state index contributed by atoms with van der Waals surface area (Å²) in [4.78, 5) is 30.8. The van der Waals surface area contributed by atoms with Gasteiger partial charge in [-0.1, -0.05) is 0 Å². The minimum atomic E-state index is -0.651. The van der Waals surface area contributed by atoms with Gasteiger partial charge in [0.15, 0.2) is 0 Å². The smallest absolute Gasteiger partial charge is 0.410 e. The van der Waals surface area contributed by atoms with Crippen LogP contribution in [0.25, 0.3) is 0 Å². The van der Waals surface area contributed by atoms with Crippen LogP contribution in [0.4, 0.5) is 19.3 Å². The predicted molar refractivity (Wildman–Crippen MR) is 113 cm³/mol. The van der Waals surface area contributed by atoms with Gasteiger partial charge in [0.25, 0.3) is 0 Å². The molecule has 0 saturated carbocycles. The van der Waals surface area contributed by atoms with Crippen molar-refractivity contribution in [3.8, 4) is 0 Å². The van der Waals surface area contributed by atoms with E-state index in [4.69, 9.17) is 4.74 Å². The highest BCUT2D eigenvalue weighted by Crippen LogP contribution is 2.39. The van der Waals surface area contributed by atoms with Crippen LogP contribution in [0.15, 0.2) is 24.3 Å². The highest BCUT2D eigenvalue weighted by atomic mass is 19.1. The normalized spacial score (nSPS) is 26.7. The van der Waals surface area contributed by atoms with Crippen LogP contribution < -0.4 is 4.90 Å². The second kappa shape index (κ2) is 9.51. The van der Waals surface area contributed by atoms with E-state index < -0.39 is 6.67 Å². The minimum absolute atomic E-state index is 0.0248. The molecule has 0 aromatic heterocycles. The quantitative estimate of drug-likeness (QED) is 0.707. The number of halogens is 2. The van der Waals surface area contributed by atoms with Crippen LogP contribution in [0.2, 0.25) is 0 Å². The van der Waals surface area contributed by atoms with E-state index in [-0.39, 0.29) is 42.6 Å². The van der Waals surface area contributed by atoms with Crippen LogP contribution in [0.3, 0.4) is 0 Å². The van der Waals surface area contributed by atoms with Crippen LogP contribution in [0.5, 0.6) is 0 Å². The highest BCUT2D eigenvalue weighted by Gasteiger charge is 2.46. The molecular weight excluding hydrogens is 404 g/mol. The maximum atomic E-state index is 13.3. The van der Waals surface area contributed by atoms with Crippen molar-refractivity contribution < 1.29 is 23.1 Å². The fourth-order valence-corrected chi connectivity index (χ4v) is 5.71. The number of nitrogens with zero attached hydrogens (tertiary/aromatic N) is 3. The van der Waals surface area contributed by atoms with Crippen molar-refractivity contribution in [3.05, 3.63) is 30.1 Å². The molecule has 4 rings (SSSR count). The number of hydrogen-bond acceptors (Lipinski definition) is 4. The Hall–Kier alpha value is -2.22. The average Bonchev–Trinajstić information content (AvgIpc) is 3.03. The Labute approximate surface area is 182 Å². The number of amides is 2. The summed E-state index contributed by atoms with van der Waals surface area (Å²) in [6.45, 7) is 2.53. The van der Waals surface area contributed by atoms with E-state index in [1.54, 1.807) is 24.0 Å². The lowest BCUT2D eigenvalue weighted by atomic mass is 9.93. The van der Waals surface area contributed by atoms with Crippen LogP contribution in [0, 0.1) is 5.82 Å². The number of rotatable bonds is 5. The van der Waals surface area contributed by atoms with Gasteiger partial charge in [0.2, 0.25) is 5.91 Å². The zero-order valence-electron chi connectivity index (χ0n) is 18.0. The molecule has 31 heavy (non-hydrogen) atoms. The molecule has 2 atom stereocenters. The van der Waals surface area contributed by atoms with Crippen molar-refractivity contribution >= 4 is 17.7 Å². The summed E-state index contributed by atoms with van der Waals surface area (Å²) in [5, 5.41) is 0. The molecule has 0 N–H and O–H groups in total. The zero-order valence-corrected chi connectivity index (χ0v) is 18.0. The first-order valence-electron chi connectivity index (χ1n) is 11.3. The van der Waals surface area contributed by atoms with E-state index in [0.717, 1.165) is 57.3 Å². The van der Waals surface area contributed by atoms with Gasteiger partial charge in [-0.05, 0) is 62.8 Å². The largest absolute Gasteiger partial charge is 0.447 e. The summed E-state index contributed by atoms with van der Waals surface area (Å²) in [5.41, 5.74) is 0.741. The molecule has 2 bridgehead atoms. The lowest BCUT2D eigenvalue weighted by Gasteiger charge is -2.46. The Morgan fingerprint density at radius 1 is 1.03 bits per heavy atom. The molecule has 0 aliphatic carbocycles. The second-order valence-electron chi connectivity index (χ2n) is 8.85. The lowest BCUT2D eigenvalue weighted by Crippen LogP contribution is -2.55. The van der Waals surface area contributed by atoms with Crippen molar-refractivity contribution in [2.75, 3.05) is 31.3 Å². The molecule has 3 aliphatic heterocycles. The summed E-state index contributed by atoms with van der Waals surface area (Å²) in [7, 11) is 0. The first-order chi connectivity index (χ1) is 15.0. The van der Waals surface area contributed by atoms with Gasteiger partial charge in [0, 0.05) is 49.9 Å². The maximum Gasteiger partial charge on any atom is 0.410 e. The summed E-state index contributed by atoms with van der Waals surface area (Å²) in [6, 6.07) is 6.97. The topological polar surface area (TPSA) is 53.1 Å². The van der Waals surface area contributed by atoms with Crippen LogP contribution in [-0.4, -0.2) is 72.3 Å². The van der Waals surface area contributed by atoms with E-state index in [1.807, 2.05) is 4.90 Å². The number of anilines is 1. The van der Waals surface area contributed by atoms with Gasteiger partial charge >= 0.3 is 6.09 Å². The molecule has 3 saturated heterocycles. The summed E-state index contributed by atoms with van der Waals surface area (Å²) in [5.74, 6) is -0.333. The Kier molecular flexibility index (Phi) is 6.74. The highest BCUT2D eigenvalue weighted by molar-refractivity contribution is 5.92. The monoisotopic (exact) mass is 435 g/mol. The molecule has 2 unspecified atom stereocenters. The van der Waals surface area contributed by atoms with Gasteiger partial charge in [0.1, 0.15) is 19.1 Å². The fourth-order valence-electron chi connectivity index (χ4n) is 5.71. The van der Waals surface area contributed by atoms with Crippen LogP contribution in [0.1, 0.15) is 45.4 Å². The second-order valence-corrected chi connectivity index (χ2v) is 8.85. The molecule has 3 fully saturated rings. The molecular formula is C23H31F2N3O3. The molecule has 170 valence electrons. The van der Waals surface area contributed by atoms with Gasteiger partial charge in [0.05, 0.1) is 0 Å². The maximum absolute atomic E-state index is 13.3. The van der Waals surface area contributed by atoms with E-state index in [2.05, 4.69) is 4.90 Å². The number of ether oxygens (including phenoxy) is 1. The Morgan fingerprint density at radius 3 is 2.19 bits per heavy atom. The van der Waals surface area contributed by atoms with Crippen molar-refractivity contribution in [2.24, 2.45) is 0 Å². The number of hydrogen-bond donors (Lipinski definition) is 0. The SMILES string of the molecule is CC(=O)N(c1ccc(F)cc1)C1CCN(C2CC3CCC(C2)N3C(=O)OCCF)CC1. The third-order valence-electron chi connectivity index (χ3n) is 7.05. The fraction of sp³-hybridized carbons (Fsp3) is 0.652. The number of carbonyl (C=O) groups is 2. The van der Waals surface area contributed by atoms with Crippen molar-refractivity contribution in [1.29, 1.82) is 0 Å². The van der Waals surface area contributed by atoms with Gasteiger partial charge < -0.3 is 19.4 Å². The molecule has 1 aromatic carbocycles. The summed E-state index contributed by atoms with van der Waals surface area (Å²) >= 11 is 0. The Bertz CT molecular complexity index is 769. The predicted octanol–water partition coefficient (Wildman–Crippen LogP) is 3.74.